The van der Waals surface area contributed by atoms with Crippen LogP contribution in [0.5, 0.6) is 0 Å². The molecule has 261 valence electrons. The average Bonchev–Trinajstić information content (AvgIpc) is 3.88. The van der Waals surface area contributed by atoms with E-state index in [-0.39, 0.29) is 11.8 Å². The summed E-state index contributed by atoms with van der Waals surface area (Å²) in [6.07, 6.45) is 4.81. The van der Waals surface area contributed by atoms with Crippen molar-refractivity contribution in [2.45, 2.75) is 65.5 Å². The van der Waals surface area contributed by atoms with Gasteiger partial charge in [0.25, 0.3) is 0 Å². The van der Waals surface area contributed by atoms with Gasteiger partial charge in [-0.3, -0.25) is 0 Å². The van der Waals surface area contributed by atoms with Crippen LogP contribution in [0.15, 0.2) is 106 Å². The fourth-order valence-electron chi connectivity index (χ4n) is 8.50. The number of hydrogen-bond donors (Lipinski definition) is 0. The summed E-state index contributed by atoms with van der Waals surface area (Å²) in [5.74, 6) is 2.50. The molecule has 8 rings (SSSR count). The molecular formula is C46H43Cl2O2SiZr. The quantitative estimate of drug-likeness (QED) is 0.136. The Balaban J connectivity index is 1.23. The molecular weight excluding hydrogens is 775 g/mol. The zero-order valence-electron chi connectivity index (χ0n) is 30.6. The van der Waals surface area contributed by atoms with Crippen molar-refractivity contribution >= 4 is 46.2 Å². The van der Waals surface area contributed by atoms with Crippen LogP contribution in [0.4, 0.5) is 0 Å². The number of allylic oxidation sites excluding steroid dienone is 2. The van der Waals surface area contributed by atoms with E-state index in [9.17, 15) is 0 Å². The second kappa shape index (κ2) is 14.4. The van der Waals surface area contributed by atoms with Gasteiger partial charge in [0.15, 0.2) is 0 Å². The van der Waals surface area contributed by atoms with Crippen LogP contribution in [0.3, 0.4) is 0 Å². The van der Waals surface area contributed by atoms with Crippen LogP contribution in [0.25, 0.3) is 45.6 Å². The van der Waals surface area contributed by atoms with E-state index in [1.54, 1.807) is 0 Å². The molecule has 2 heterocycles. The third-order valence-corrected chi connectivity index (χ3v) is 33.1. The Kier molecular flexibility index (Phi) is 9.89. The molecule has 2 nitrogen and oxygen atoms in total. The van der Waals surface area contributed by atoms with Gasteiger partial charge in [-0.25, -0.2) is 0 Å². The molecule has 0 bridgehead atoms. The summed E-state index contributed by atoms with van der Waals surface area (Å²) in [6.45, 7) is 12.8. The predicted octanol–water partition coefficient (Wildman–Crippen LogP) is 13.7. The van der Waals surface area contributed by atoms with Gasteiger partial charge in [-0.05, 0) is 0 Å². The topological polar surface area (TPSA) is 26.3 Å². The Morgan fingerprint density at radius 3 is 1.29 bits per heavy atom. The van der Waals surface area contributed by atoms with E-state index in [1.165, 1.54) is 77.9 Å². The third kappa shape index (κ3) is 6.45. The SMILES string of the molecule is Cc1cc(C2=Cc3c(ccc(C)c3-c3ccccc3)C2C[SiH](CC2C(c3cc(C)c(C)o3)=Cc3c2ccc(C)c3-c2ccccc2)[Zr]([Cl])[Cl])oc1C. The number of rotatable bonds is 9. The number of furan rings is 2. The molecule has 0 spiro atoms. The molecule has 0 saturated heterocycles. The van der Waals surface area contributed by atoms with E-state index < -0.39 is 24.4 Å². The molecule has 0 N–H and O–H groups in total. The number of halogens is 2. The minimum atomic E-state index is -2.76. The van der Waals surface area contributed by atoms with Crippen LogP contribution in [-0.2, 0) is 18.5 Å². The first kappa shape index (κ1) is 35.6. The maximum atomic E-state index is 7.34. The third-order valence-electron chi connectivity index (χ3n) is 11.5. The van der Waals surface area contributed by atoms with E-state index in [0.29, 0.717) is 0 Å². The van der Waals surface area contributed by atoms with E-state index in [1.807, 2.05) is 0 Å². The summed E-state index contributed by atoms with van der Waals surface area (Å²) >= 11 is -2.76. The minimum absolute atomic E-state index is 0.173. The molecule has 2 aromatic heterocycles. The average molecular weight is 818 g/mol. The molecule has 4 aromatic carbocycles. The van der Waals surface area contributed by atoms with Crippen molar-refractivity contribution in [1.29, 1.82) is 0 Å². The molecule has 2 atom stereocenters. The van der Waals surface area contributed by atoms with Crippen molar-refractivity contribution in [1.82, 2.24) is 0 Å². The second-order valence-corrected chi connectivity index (χ2v) is 38.2. The molecule has 0 radical (unpaired) electrons. The summed E-state index contributed by atoms with van der Waals surface area (Å²) in [7, 11) is 14.7. The van der Waals surface area contributed by atoms with E-state index in [0.717, 1.165) is 35.1 Å². The first-order valence-corrected chi connectivity index (χ1v) is 31.0. The Labute approximate surface area is 323 Å². The summed E-state index contributed by atoms with van der Waals surface area (Å²) in [5.41, 5.74) is 17.8. The Bertz CT molecular complexity index is 2160. The van der Waals surface area contributed by atoms with Crippen LogP contribution < -0.4 is 0 Å². The van der Waals surface area contributed by atoms with Gasteiger partial charge in [0, 0.05) is 0 Å². The number of benzene rings is 4. The fourth-order valence-corrected chi connectivity index (χ4v) is 23.6. The molecule has 2 aliphatic rings. The normalized spacial score (nSPS) is 16.8. The van der Waals surface area contributed by atoms with E-state index >= 15 is 0 Å². The molecule has 6 heteroatoms. The summed E-state index contributed by atoms with van der Waals surface area (Å²) in [5, 5.41) is 0. The van der Waals surface area contributed by atoms with Gasteiger partial charge in [-0.1, -0.05) is 0 Å². The standard InChI is InChI=1S/C46H43O2Si.2ClH.Zr/c1-27-17-19-35-39(45(27)33-13-9-7-10-14-33)23-37(43-21-29(3)31(5)47-43)41(35)25-49-26-42-36-20-18-28(2)46(34-15-11-8-12-16-34)40(36)24-38(42)44-22-30(4)32(6)48-44;;;/h7-24,41-42,49H,25-26H2,1-6H3;2*1H;/q;;;+2/p-2. The molecule has 2 unspecified atom stereocenters. The zero-order valence-corrected chi connectivity index (χ0v) is 35.7. The van der Waals surface area contributed by atoms with Crippen LogP contribution in [-0.4, -0.2) is 5.92 Å². The van der Waals surface area contributed by atoms with Gasteiger partial charge in [-0.2, -0.15) is 0 Å². The molecule has 0 aliphatic heterocycles. The van der Waals surface area contributed by atoms with Gasteiger partial charge in [0.1, 0.15) is 0 Å². The molecule has 6 aromatic rings. The number of aryl methyl sites for hydroxylation is 6. The second-order valence-electron chi connectivity index (χ2n) is 14.7. The fraction of sp³-hybridized carbons (Fsp3) is 0.217. The van der Waals surface area contributed by atoms with Crippen molar-refractivity contribution in [2.24, 2.45) is 0 Å². The van der Waals surface area contributed by atoms with Crippen molar-refractivity contribution in [3.63, 3.8) is 0 Å². The number of fused-ring (bicyclic) bond motifs is 2. The first-order valence-electron chi connectivity index (χ1n) is 18.2. The van der Waals surface area contributed by atoms with Gasteiger partial charge >= 0.3 is 326 Å². The Morgan fingerprint density at radius 1 is 0.538 bits per heavy atom. The van der Waals surface area contributed by atoms with Gasteiger partial charge in [0.05, 0.1) is 0 Å². The predicted molar refractivity (Wildman–Crippen MR) is 219 cm³/mol. The van der Waals surface area contributed by atoms with E-state index in [2.05, 4.69) is 151 Å². The molecule has 0 fully saturated rings. The maximum absolute atomic E-state index is 7.34. The monoisotopic (exact) mass is 815 g/mol. The molecule has 52 heavy (non-hydrogen) atoms. The summed E-state index contributed by atoms with van der Waals surface area (Å²) in [4.78, 5) is 0. The van der Waals surface area contributed by atoms with Crippen molar-refractivity contribution in [2.75, 3.05) is 0 Å². The summed E-state index contributed by atoms with van der Waals surface area (Å²) < 4.78 is 13.0. The molecule has 0 saturated carbocycles. The van der Waals surface area contributed by atoms with Gasteiger partial charge in [-0.15, -0.1) is 0 Å². The van der Waals surface area contributed by atoms with Crippen molar-refractivity contribution < 1.29 is 27.4 Å². The van der Waals surface area contributed by atoms with Crippen LogP contribution >= 0.6 is 17.0 Å². The summed E-state index contributed by atoms with van der Waals surface area (Å²) in [6, 6.07) is 37.3. The van der Waals surface area contributed by atoms with Gasteiger partial charge in [0.2, 0.25) is 0 Å². The molecule has 2 aliphatic carbocycles. The Morgan fingerprint density at radius 2 is 0.942 bits per heavy atom. The van der Waals surface area contributed by atoms with Crippen molar-refractivity contribution in [3.05, 3.63) is 165 Å². The van der Waals surface area contributed by atoms with Crippen molar-refractivity contribution in [3.8, 4) is 22.3 Å². The first-order chi connectivity index (χ1) is 25.1. The number of hydrogen-bond acceptors (Lipinski definition) is 2. The van der Waals surface area contributed by atoms with Crippen LogP contribution in [0, 0.1) is 41.5 Å². The van der Waals surface area contributed by atoms with Crippen LogP contribution in [0.2, 0.25) is 12.1 Å². The molecule has 0 amide bonds. The Hall–Kier alpha value is -3.40. The zero-order chi connectivity index (χ0) is 36.3. The van der Waals surface area contributed by atoms with E-state index in [4.69, 9.17) is 25.9 Å². The van der Waals surface area contributed by atoms with Gasteiger partial charge < -0.3 is 0 Å². The van der Waals surface area contributed by atoms with Crippen LogP contribution in [0.1, 0.15) is 79.4 Å².